The highest BCUT2D eigenvalue weighted by Crippen LogP contribution is 2.39. The third kappa shape index (κ3) is 2.47. The Bertz CT molecular complexity index is 342. The Kier molecular flexibility index (Phi) is 3.17. The van der Waals surface area contributed by atoms with Gasteiger partial charge >= 0.3 is 0 Å². The van der Waals surface area contributed by atoms with Crippen LogP contribution in [-0.4, -0.2) is 42.4 Å². The Morgan fingerprint density at radius 3 is 2.59 bits per heavy atom. The Hall–Kier alpha value is -1.02. The summed E-state index contributed by atoms with van der Waals surface area (Å²) >= 11 is 0. The Labute approximate surface area is 98.4 Å². The van der Waals surface area contributed by atoms with E-state index in [1.165, 1.54) is 13.2 Å². The van der Waals surface area contributed by atoms with Crippen LogP contribution in [-0.2, 0) is 18.9 Å². The van der Waals surface area contributed by atoms with Gasteiger partial charge in [0.05, 0.1) is 4.92 Å². The predicted molar refractivity (Wildman–Crippen MR) is 55.6 cm³/mol. The first-order valence-electron chi connectivity index (χ1n) is 5.29. The lowest BCUT2D eigenvalue weighted by atomic mass is 10.1. The molecule has 17 heavy (non-hydrogen) atoms. The van der Waals surface area contributed by atoms with E-state index >= 15 is 0 Å². The van der Waals surface area contributed by atoms with Gasteiger partial charge in [-0.15, -0.1) is 0 Å². The molecule has 2 heterocycles. The predicted octanol–water partition coefficient (Wildman–Crippen LogP) is 0.668. The van der Waals surface area contributed by atoms with E-state index in [9.17, 15) is 10.1 Å². The quantitative estimate of drug-likeness (QED) is 0.537. The summed E-state index contributed by atoms with van der Waals surface area (Å²) in [6.45, 7) is 3.57. The van der Waals surface area contributed by atoms with E-state index in [0.29, 0.717) is 0 Å². The van der Waals surface area contributed by atoms with Crippen LogP contribution in [0.15, 0.2) is 12.3 Å². The maximum Gasteiger partial charge on any atom is 0.233 e. The van der Waals surface area contributed by atoms with Gasteiger partial charge in [0, 0.05) is 13.2 Å². The SMILES string of the molecule is CO[C@H]1O[C@H](C=C[N+](=O)[O-])[C@@H]2OC(C)(C)O[C@H]12. The fourth-order valence-corrected chi connectivity index (χ4v) is 2.09. The number of fused-ring (bicyclic) bond motifs is 1. The van der Waals surface area contributed by atoms with Crippen molar-refractivity contribution in [3.63, 3.8) is 0 Å². The first-order chi connectivity index (χ1) is 7.93. The lowest BCUT2D eigenvalue weighted by Crippen LogP contribution is -2.30. The molecule has 2 aliphatic heterocycles. The van der Waals surface area contributed by atoms with Crippen LogP contribution in [0.2, 0.25) is 0 Å². The second-order valence-corrected chi connectivity index (χ2v) is 4.40. The summed E-state index contributed by atoms with van der Waals surface area (Å²) in [4.78, 5) is 9.74. The van der Waals surface area contributed by atoms with Gasteiger partial charge in [0.25, 0.3) is 0 Å². The second kappa shape index (κ2) is 4.34. The van der Waals surface area contributed by atoms with Crippen molar-refractivity contribution in [2.24, 2.45) is 0 Å². The molecule has 0 unspecified atom stereocenters. The maximum atomic E-state index is 10.3. The molecule has 0 aliphatic carbocycles. The molecular formula is C10H15NO6. The first-order valence-corrected chi connectivity index (χ1v) is 5.29. The number of ether oxygens (including phenoxy) is 4. The van der Waals surface area contributed by atoms with E-state index in [2.05, 4.69) is 0 Å². The largest absolute Gasteiger partial charge is 0.353 e. The number of hydrogen-bond acceptors (Lipinski definition) is 6. The summed E-state index contributed by atoms with van der Waals surface area (Å²) in [7, 11) is 1.50. The van der Waals surface area contributed by atoms with E-state index in [1.54, 1.807) is 13.8 Å². The normalized spacial score (nSPS) is 39.7. The van der Waals surface area contributed by atoms with E-state index in [-0.39, 0.29) is 12.2 Å². The molecule has 96 valence electrons. The van der Waals surface area contributed by atoms with Gasteiger partial charge in [-0.05, 0) is 13.8 Å². The average Bonchev–Trinajstić information content (AvgIpc) is 2.68. The molecule has 0 saturated carbocycles. The molecule has 0 spiro atoms. The zero-order valence-corrected chi connectivity index (χ0v) is 9.86. The molecule has 0 aromatic carbocycles. The summed E-state index contributed by atoms with van der Waals surface area (Å²) in [6, 6.07) is 0. The minimum absolute atomic E-state index is 0.364. The van der Waals surface area contributed by atoms with Crippen molar-refractivity contribution < 1.29 is 23.9 Å². The van der Waals surface area contributed by atoms with Crippen LogP contribution in [0, 0.1) is 10.1 Å². The van der Waals surface area contributed by atoms with Crippen LogP contribution in [0.1, 0.15) is 13.8 Å². The molecule has 0 radical (unpaired) electrons. The van der Waals surface area contributed by atoms with Crippen LogP contribution in [0.5, 0.6) is 0 Å². The smallest absolute Gasteiger partial charge is 0.233 e. The molecule has 0 N–H and O–H groups in total. The molecule has 7 heteroatoms. The van der Waals surface area contributed by atoms with Crippen LogP contribution in [0.25, 0.3) is 0 Å². The molecule has 2 saturated heterocycles. The van der Waals surface area contributed by atoms with Gasteiger partial charge < -0.3 is 18.9 Å². The van der Waals surface area contributed by atoms with Gasteiger partial charge in [-0.2, -0.15) is 0 Å². The minimum atomic E-state index is -0.726. The van der Waals surface area contributed by atoms with Crippen LogP contribution >= 0.6 is 0 Å². The molecule has 0 bridgehead atoms. The zero-order valence-electron chi connectivity index (χ0n) is 9.86. The van der Waals surface area contributed by atoms with Gasteiger partial charge in [0.15, 0.2) is 12.1 Å². The standard InChI is InChI=1S/C10H15NO6/c1-10(2)16-7-6(4-5-11(12)13)15-9(14-3)8(7)17-10/h4-9H,1-3H3/t6-,7+,8+,9+/m1/s1. The third-order valence-electron chi connectivity index (χ3n) is 2.68. The molecule has 0 amide bonds. The molecule has 2 rings (SSSR count). The number of nitrogens with zero attached hydrogens (tertiary/aromatic N) is 1. The van der Waals surface area contributed by atoms with Gasteiger partial charge in [0.1, 0.15) is 18.3 Å². The van der Waals surface area contributed by atoms with Crippen molar-refractivity contribution in [1.82, 2.24) is 0 Å². The first kappa shape index (κ1) is 12.4. The zero-order chi connectivity index (χ0) is 12.6. The van der Waals surface area contributed by atoms with Crippen LogP contribution in [0.4, 0.5) is 0 Å². The van der Waals surface area contributed by atoms with Crippen LogP contribution in [0.3, 0.4) is 0 Å². The second-order valence-electron chi connectivity index (χ2n) is 4.40. The highest BCUT2D eigenvalue weighted by Gasteiger charge is 2.55. The molecule has 0 aromatic heterocycles. The number of methoxy groups -OCH3 is 1. The van der Waals surface area contributed by atoms with Crippen molar-refractivity contribution >= 4 is 0 Å². The number of nitro groups is 1. The van der Waals surface area contributed by atoms with Gasteiger partial charge in [-0.3, -0.25) is 10.1 Å². The summed E-state index contributed by atoms with van der Waals surface area (Å²) < 4.78 is 21.9. The fourth-order valence-electron chi connectivity index (χ4n) is 2.09. The fraction of sp³-hybridized carbons (Fsp3) is 0.800. The van der Waals surface area contributed by atoms with Crippen molar-refractivity contribution in [3.05, 3.63) is 22.4 Å². The van der Waals surface area contributed by atoms with Crippen molar-refractivity contribution in [1.29, 1.82) is 0 Å². The third-order valence-corrected chi connectivity index (χ3v) is 2.68. The summed E-state index contributed by atoms with van der Waals surface area (Å²) in [5.41, 5.74) is 0. The molecular weight excluding hydrogens is 230 g/mol. The Morgan fingerprint density at radius 1 is 1.35 bits per heavy atom. The molecule has 7 nitrogen and oxygen atoms in total. The van der Waals surface area contributed by atoms with Gasteiger partial charge in [-0.25, -0.2) is 0 Å². The van der Waals surface area contributed by atoms with Gasteiger partial charge in [0.2, 0.25) is 6.20 Å². The van der Waals surface area contributed by atoms with Crippen LogP contribution < -0.4 is 0 Å². The average molecular weight is 245 g/mol. The maximum absolute atomic E-state index is 10.3. The van der Waals surface area contributed by atoms with E-state index in [4.69, 9.17) is 18.9 Å². The van der Waals surface area contributed by atoms with E-state index in [1.807, 2.05) is 0 Å². The highest BCUT2D eigenvalue weighted by atomic mass is 16.8. The molecule has 2 fully saturated rings. The Balaban J connectivity index is 2.12. The van der Waals surface area contributed by atoms with Crippen molar-refractivity contribution in [2.45, 2.75) is 44.2 Å². The lowest BCUT2D eigenvalue weighted by Gasteiger charge is -2.22. The summed E-state index contributed by atoms with van der Waals surface area (Å²) in [5, 5.41) is 10.3. The summed E-state index contributed by atoms with van der Waals surface area (Å²) in [5.74, 6) is -0.726. The van der Waals surface area contributed by atoms with E-state index < -0.39 is 23.1 Å². The lowest BCUT2D eigenvalue weighted by molar-refractivity contribution is -0.403. The number of hydrogen-bond donors (Lipinski definition) is 0. The molecule has 2 aliphatic rings. The highest BCUT2D eigenvalue weighted by molar-refractivity contribution is 5.03. The molecule has 0 aromatic rings. The van der Waals surface area contributed by atoms with E-state index in [0.717, 1.165) is 6.20 Å². The topological polar surface area (TPSA) is 80.1 Å². The Morgan fingerprint density at radius 2 is 2.00 bits per heavy atom. The van der Waals surface area contributed by atoms with Gasteiger partial charge in [-0.1, -0.05) is 0 Å². The summed E-state index contributed by atoms with van der Waals surface area (Å²) in [6.07, 6.45) is 0.346. The molecule has 4 atom stereocenters. The monoisotopic (exact) mass is 245 g/mol. The number of rotatable bonds is 3. The van der Waals surface area contributed by atoms with Crippen molar-refractivity contribution in [2.75, 3.05) is 7.11 Å². The minimum Gasteiger partial charge on any atom is -0.353 e. The van der Waals surface area contributed by atoms with Crippen molar-refractivity contribution in [3.8, 4) is 0 Å².